The highest BCUT2D eigenvalue weighted by Gasteiger charge is 2.22. The molecule has 0 amide bonds. The number of hydrogen-bond donors (Lipinski definition) is 2. The molecule has 0 saturated heterocycles. The average Bonchev–Trinajstić information content (AvgIpc) is 2.90. The van der Waals surface area contributed by atoms with Crippen LogP contribution in [0.1, 0.15) is 23.8 Å². The van der Waals surface area contributed by atoms with Gasteiger partial charge in [-0.3, -0.25) is 0 Å². The summed E-state index contributed by atoms with van der Waals surface area (Å²) in [5.74, 6) is 0.854. The molecule has 1 unspecified atom stereocenters. The molecule has 1 heterocycles. The monoisotopic (exact) mass is 275 g/mol. The summed E-state index contributed by atoms with van der Waals surface area (Å²) in [6.45, 7) is 1.22. The van der Waals surface area contributed by atoms with Crippen LogP contribution in [0.3, 0.4) is 0 Å². The van der Waals surface area contributed by atoms with Crippen molar-refractivity contribution >= 4 is 27.3 Å². The van der Waals surface area contributed by atoms with Gasteiger partial charge in [-0.2, -0.15) is 0 Å². The molecule has 1 saturated carbocycles. The van der Waals surface area contributed by atoms with Gasteiger partial charge in [0.25, 0.3) is 0 Å². The second kappa shape index (κ2) is 4.75. The summed E-state index contributed by atoms with van der Waals surface area (Å²) in [5.41, 5.74) is 0. The second-order valence-corrected chi connectivity index (χ2v) is 6.22. The lowest BCUT2D eigenvalue weighted by atomic mass is 10.2. The van der Waals surface area contributed by atoms with E-state index in [1.165, 1.54) is 17.7 Å². The molecule has 1 aliphatic rings. The largest absolute Gasteiger partial charge is 0.394 e. The molecule has 0 aliphatic heterocycles. The zero-order valence-electron chi connectivity index (χ0n) is 7.87. The van der Waals surface area contributed by atoms with E-state index < -0.39 is 0 Å². The van der Waals surface area contributed by atoms with Crippen molar-refractivity contribution in [3.63, 3.8) is 0 Å². The van der Waals surface area contributed by atoms with E-state index in [0.29, 0.717) is 0 Å². The topological polar surface area (TPSA) is 32.3 Å². The first-order chi connectivity index (χ1) is 6.79. The molecule has 1 fully saturated rings. The molecule has 0 aromatic carbocycles. The van der Waals surface area contributed by atoms with Crippen molar-refractivity contribution in [1.82, 2.24) is 5.32 Å². The van der Waals surface area contributed by atoms with E-state index in [0.717, 1.165) is 16.2 Å². The van der Waals surface area contributed by atoms with Crippen LogP contribution in [-0.2, 0) is 0 Å². The number of halogens is 1. The van der Waals surface area contributed by atoms with Gasteiger partial charge in [0.1, 0.15) is 0 Å². The van der Waals surface area contributed by atoms with E-state index in [9.17, 15) is 5.11 Å². The summed E-state index contributed by atoms with van der Waals surface area (Å²) in [7, 11) is 0. The summed E-state index contributed by atoms with van der Waals surface area (Å²) < 4.78 is 1.12. The van der Waals surface area contributed by atoms with Gasteiger partial charge in [0, 0.05) is 4.88 Å². The van der Waals surface area contributed by atoms with Crippen molar-refractivity contribution in [3.8, 4) is 0 Å². The van der Waals surface area contributed by atoms with Gasteiger partial charge in [-0.1, -0.05) is 0 Å². The number of rotatable bonds is 5. The van der Waals surface area contributed by atoms with Crippen LogP contribution in [0.25, 0.3) is 0 Å². The summed E-state index contributed by atoms with van der Waals surface area (Å²) in [6.07, 6.45) is 2.69. The summed E-state index contributed by atoms with van der Waals surface area (Å²) in [5, 5.41) is 12.7. The number of nitrogens with one attached hydrogen (secondary N) is 1. The third-order valence-electron chi connectivity index (χ3n) is 2.47. The van der Waals surface area contributed by atoms with Gasteiger partial charge in [-0.05, 0) is 53.4 Å². The second-order valence-electron chi connectivity index (χ2n) is 3.73. The Morgan fingerprint density at radius 1 is 1.57 bits per heavy atom. The van der Waals surface area contributed by atoms with Gasteiger partial charge in [-0.15, -0.1) is 11.3 Å². The first-order valence-corrected chi connectivity index (χ1v) is 6.50. The van der Waals surface area contributed by atoms with E-state index in [-0.39, 0.29) is 12.6 Å². The smallest absolute Gasteiger partial charge is 0.0702 e. The van der Waals surface area contributed by atoms with Crippen LogP contribution in [0.4, 0.5) is 0 Å². The third kappa shape index (κ3) is 2.79. The molecule has 14 heavy (non-hydrogen) atoms. The Hall–Kier alpha value is 0.1000. The Labute approximate surface area is 96.5 Å². The molecule has 2 rings (SSSR count). The normalized spacial score (nSPS) is 18.4. The molecule has 1 aromatic heterocycles. The molecule has 0 radical (unpaired) electrons. The number of aliphatic hydroxyl groups excluding tert-OH is 1. The van der Waals surface area contributed by atoms with Crippen LogP contribution in [-0.4, -0.2) is 18.3 Å². The molecular formula is C10H14BrNOS. The van der Waals surface area contributed by atoms with E-state index >= 15 is 0 Å². The van der Waals surface area contributed by atoms with Crippen LogP contribution in [0.2, 0.25) is 0 Å². The maximum Gasteiger partial charge on any atom is 0.0702 e. The van der Waals surface area contributed by atoms with Crippen LogP contribution < -0.4 is 5.32 Å². The summed E-state index contributed by atoms with van der Waals surface area (Å²) in [4.78, 5) is 1.21. The predicted molar refractivity (Wildman–Crippen MR) is 62.6 cm³/mol. The lowest BCUT2D eigenvalue weighted by Crippen LogP contribution is -2.25. The SMILES string of the molecule is OCC(NCC1CC1)c1ccc(Br)s1. The molecule has 78 valence electrons. The van der Waals surface area contributed by atoms with Gasteiger partial charge in [0.05, 0.1) is 16.4 Å². The van der Waals surface area contributed by atoms with Crippen molar-refractivity contribution in [1.29, 1.82) is 0 Å². The Kier molecular flexibility index (Phi) is 3.60. The number of aliphatic hydroxyl groups is 1. The number of thiophene rings is 1. The van der Waals surface area contributed by atoms with Crippen molar-refractivity contribution in [2.75, 3.05) is 13.2 Å². The number of hydrogen-bond acceptors (Lipinski definition) is 3. The quantitative estimate of drug-likeness (QED) is 0.866. The molecule has 1 aliphatic carbocycles. The molecule has 4 heteroatoms. The van der Waals surface area contributed by atoms with Crippen LogP contribution >= 0.6 is 27.3 Å². The highest BCUT2D eigenvalue weighted by atomic mass is 79.9. The van der Waals surface area contributed by atoms with Crippen molar-refractivity contribution in [2.45, 2.75) is 18.9 Å². The Morgan fingerprint density at radius 2 is 2.36 bits per heavy atom. The van der Waals surface area contributed by atoms with E-state index in [4.69, 9.17) is 0 Å². The first kappa shape index (κ1) is 10.6. The maximum atomic E-state index is 9.25. The fraction of sp³-hybridized carbons (Fsp3) is 0.600. The Bertz CT molecular complexity index is 298. The molecule has 2 N–H and O–H groups in total. The minimum absolute atomic E-state index is 0.117. The van der Waals surface area contributed by atoms with E-state index in [1.54, 1.807) is 11.3 Å². The third-order valence-corrected chi connectivity index (χ3v) is 4.21. The Morgan fingerprint density at radius 3 is 2.86 bits per heavy atom. The van der Waals surface area contributed by atoms with Gasteiger partial charge < -0.3 is 10.4 Å². The zero-order valence-corrected chi connectivity index (χ0v) is 10.3. The molecule has 0 spiro atoms. The summed E-state index contributed by atoms with van der Waals surface area (Å²) >= 11 is 5.12. The highest BCUT2D eigenvalue weighted by molar-refractivity contribution is 9.11. The van der Waals surface area contributed by atoms with Crippen molar-refractivity contribution < 1.29 is 5.11 Å². The fourth-order valence-corrected chi connectivity index (χ4v) is 2.89. The van der Waals surface area contributed by atoms with E-state index in [2.05, 4.69) is 27.3 Å². The highest BCUT2D eigenvalue weighted by Crippen LogP contribution is 2.30. The van der Waals surface area contributed by atoms with Crippen LogP contribution in [0, 0.1) is 5.92 Å². The molecular weight excluding hydrogens is 262 g/mol. The average molecular weight is 276 g/mol. The molecule has 1 atom stereocenters. The minimum Gasteiger partial charge on any atom is -0.394 e. The lowest BCUT2D eigenvalue weighted by molar-refractivity contribution is 0.245. The van der Waals surface area contributed by atoms with Crippen LogP contribution in [0.5, 0.6) is 0 Å². The predicted octanol–water partition coefficient (Wildman–Crippen LogP) is 2.54. The van der Waals surface area contributed by atoms with Gasteiger partial charge >= 0.3 is 0 Å². The van der Waals surface area contributed by atoms with Crippen molar-refractivity contribution in [3.05, 3.63) is 20.8 Å². The molecule has 0 bridgehead atoms. The first-order valence-electron chi connectivity index (χ1n) is 4.89. The minimum atomic E-state index is 0.117. The van der Waals surface area contributed by atoms with E-state index in [1.807, 2.05) is 6.07 Å². The van der Waals surface area contributed by atoms with Gasteiger partial charge in [0.2, 0.25) is 0 Å². The van der Waals surface area contributed by atoms with Gasteiger partial charge in [-0.25, -0.2) is 0 Å². The standard InChI is InChI=1S/C10H14BrNOS/c11-10-4-3-9(14-10)8(6-13)12-5-7-1-2-7/h3-4,7-8,12-13H,1-2,5-6H2. The Balaban J connectivity index is 1.90. The lowest BCUT2D eigenvalue weighted by Gasteiger charge is -2.13. The zero-order chi connectivity index (χ0) is 9.97. The van der Waals surface area contributed by atoms with Crippen molar-refractivity contribution in [2.24, 2.45) is 5.92 Å². The summed E-state index contributed by atoms with van der Waals surface area (Å²) in [6, 6.07) is 4.21. The van der Waals surface area contributed by atoms with Crippen LogP contribution in [0.15, 0.2) is 15.9 Å². The molecule has 1 aromatic rings. The van der Waals surface area contributed by atoms with Gasteiger partial charge in [0.15, 0.2) is 0 Å². The fourth-order valence-electron chi connectivity index (χ4n) is 1.40. The maximum absolute atomic E-state index is 9.25. The molecule has 2 nitrogen and oxygen atoms in total.